The molecule has 0 spiro atoms. The zero-order chi connectivity index (χ0) is 12.8. The number of urea groups is 1. The molecule has 94 valence electrons. The lowest BCUT2D eigenvalue weighted by molar-refractivity contribution is 0.192. The first kappa shape index (κ1) is 14.5. The maximum Gasteiger partial charge on any atom is 0.317 e. The number of carbonyl (C=O) groups is 1. The topological polar surface area (TPSA) is 90.9 Å². The number of amidine groups is 1. The molecule has 4 N–H and O–H groups in total. The van der Waals surface area contributed by atoms with Crippen molar-refractivity contribution in [2.24, 2.45) is 10.9 Å². The third-order valence-electron chi connectivity index (χ3n) is 1.92. The average molecular weight is 230 g/mol. The highest BCUT2D eigenvalue weighted by Crippen LogP contribution is 2.01. The highest BCUT2D eigenvalue weighted by Gasteiger charge is 2.18. The van der Waals surface area contributed by atoms with Crippen LogP contribution in [0.2, 0.25) is 0 Å². The highest BCUT2D eigenvalue weighted by molar-refractivity contribution is 5.81. The molecule has 0 aromatic carbocycles. The average Bonchev–Trinajstić information content (AvgIpc) is 2.15. The van der Waals surface area contributed by atoms with Gasteiger partial charge in [-0.3, -0.25) is 0 Å². The highest BCUT2D eigenvalue weighted by atomic mass is 16.4. The third kappa shape index (κ3) is 6.10. The number of nitrogens with zero attached hydrogens (tertiary/aromatic N) is 2. The van der Waals surface area contributed by atoms with Crippen LogP contribution in [0.1, 0.15) is 34.1 Å². The number of hydrogen-bond acceptors (Lipinski definition) is 3. The summed E-state index contributed by atoms with van der Waals surface area (Å²) in [7, 11) is 0. The van der Waals surface area contributed by atoms with Crippen molar-refractivity contribution < 1.29 is 10.0 Å². The molecule has 0 heterocycles. The summed E-state index contributed by atoms with van der Waals surface area (Å²) >= 11 is 0. The maximum absolute atomic E-state index is 11.8. The minimum atomic E-state index is -0.263. The molecule has 0 aromatic heterocycles. The normalized spacial score (nSPS) is 12.4. The molecule has 0 unspecified atom stereocenters. The van der Waals surface area contributed by atoms with E-state index in [4.69, 9.17) is 10.9 Å². The predicted octanol–water partition coefficient (Wildman–Crippen LogP) is 0.953. The van der Waals surface area contributed by atoms with Crippen LogP contribution in [0.3, 0.4) is 0 Å². The Morgan fingerprint density at radius 3 is 2.44 bits per heavy atom. The van der Waals surface area contributed by atoms with Crippen molar-refractivity contribution in [3.8, 4) is 0 Å². The van der Waals surface area contributed by atoms with E-state index in [2.05, 4.69) is 10.5 Å². The zero-order valence-corrected chi connectivity index (χ0v) is 10.4. The van der Waals surface area contributed by atoms with Gasteiger partial charge in [0.2, 0.25) is 0 Å². The van der Waals surface area contributed by atoms with E-state index in [0.717, 1.165) is 0 Å². The van der Waals surface area contributed by atoms with Gasteiger partial charge in [0.1, 0.15) is 5.84 Å². The standard InChI is InChI=1S/C10H22N4O2/c1-5-14(7-6-8(11)13-16)9(15)12-10(2,3)4/h16H,5-7H2,1-4H3,(H2,11,13)(H,12,15). The van der Waals surface area contributed by atoms with Crippen molar-refractivity contribution in [3.63, 3.8) is 0 Å². The minimum absolute atomic E-state index is 0.127. The summed E-state index contributed by atoms with van der Waals surface area (Å²) in [5, 5.41) is 14.1. The monoisotopic (exact) mass is 230 g/mol. The van der Waals surface area contributed by atoms with Crippen LogP contribution < -0.4 is 11.1 Å². The molecule has 16 heavy (non-hydrogen) atoms. The molecule has 0 aliphatic carbocycles. The number of oxime groups is 1. The van der Waals surface area contributed by atoms with Gasteiger partial charge in [-0.05, 0) is 27.7 Å². The smallest absolute Gasteiger partial charge is 0.317 e. The van der Waals surface area contributed by atoms with Crippen LogP contribution in [0.5, 0.6) is 0 Å². The number of amides is 2. The molecule has 0 aliphatic rings. The lowest BCUT2D eigenvalue weighted by Gasteiger charge is -2.27. The van der Waals surface area contributed by atoms with Crippen molar-refractivity contribution in [1.82, 2.24) is 10.2 Å². The molecule has 0 fully saturated rings. The van der Waals surface area contributed by atoms with Crippen molar-refractivity contribution in [2.75, 3.05) is 13.1 Å². The molecule has 0 aliphatic heterocycles. The van der Waals surface area contributed by atoms with Crippen LogP contribution in [0.15, 0.2) is 5.16 Å². The SMILES string of the molecule is CCN(CCC(N)=NO)C(=O)NC(C)(C)C. The number of carbonyl (C=O) groups excluding carboxylic acids is 1. The molecule has 6 nitrogen and oxygen atoms in total. The van der Waals surface area contributed by atoms with Gasteiger partial charge in [-0.15, -0.1) is 0 Å². The summed E-state index contributed by atoms with van der Waals surface area (Å²) in [4.78, 5) is 13.4. The Bertz CT molecular complexity index is 258. The molecular formula is C10H22N4O2. The van der Waals surface area contributed by atoms with Crippen molar-refractivity contribution in [3.05, 3.63) is 0 Å². The first-order chi connectivity index (χ1) is 7.30. The third-order valence-corrected chi connectivity index (χ3v) is 1.92. The Kier molecular flexibility index (Phi) is 5.63. The summed E-state index contributed by atoms with van der Waals surface area (Å²) in [6.45, 7) is 8.66. The summed E-state index contributed by atoms with van der Waals surface area (Å²) in [6, 6.07) is -0.138. The Hall–Kier alpha value is -1.46. The first-order valence-corrected chi connectivity index (χ1v) is 5.33. The van der Waals surface area contributed by atoms with E-state index in [1.165, 1.54) is 0 Å². The van der Waals surface area contributed by atoms with Gasteiger partial charge in [0.25, 0.3) is 0 Å². The molecular weight excluding hydrogens is 208 g/mol. The fourth-order valence-electron chi connectivity index (χ4n) is 1.10. The van der Waals surface area contributed by atoms with Gasteiger partial charge in [-0.1, -0.05) is 5.16 Å². The largest absolute Gasteiger partial charge is 0.409 e. The number of hydrogen-bond donors (Lipinski definition) is 3. The van der Waals surface area contributed by atoms with Crippen molar-refractivity contribution in [1.29, 1.82) is 0 Å². The number of nitrogens with one attached hydrogen (secondary N) is 1. The van der Waals surface area contributed by atoms with Crippen molar-refractivity contribution >= 4 is 11.9 Å². The molecule has 0 rings (SSSR count). The van der Waals surface area contributed by atoms with Gasteiger partial charge in [0.15, 0.2) is 0 Å². The van der Waals surface area contributed by atoms with Gasteiger partial charge in [0, 0.05) is 25.0 Å². The zero-order valence-electron chi connectivity index (χ0n) is 10.4. The van der Waals surface area contributed by atoms with E-state index in [1.54, 1.807) is 4.90 Å². The minimum Gasteiger partial charge on any atom is -0.409 e. The van der Waals surface area contributed by atoms with Crippen molar-refractivity contribution in [2.45, 2.75) is 39.7 Å². The number of nitrogens with two attached hydrogens (primary N) is 1. The van der Waals surface area contributed by atoms with E-state index >= 15 is 0 Å². The fraction of sp³-hybridized carbons (Fsp3) is 0.800. The second kappa shape index (κ2) is 6.19. The van der Waals surface area contributed by atoms with Crippen LogP contribution in [0.25, 0.3) is 0 Å². The fourth-order valence-corrected chi connectivity index (χ4v) is 1.10. The van der Waals surface area contributed by atoms with Gasteiger partial charge < -0.3 is 21.2 Å². The maximum atomic E-state index is 11.8. The summed E-state index contributed by atoms with van der Waals surface area (Å²) in [6.07, 6.45) is 0.363. The van der Waals surface area contributed by atoms with Crippen LogP contribution in [-0.2, 0) is 0 Å². The summed E-state index contributed by atoms with van der Waals surface area (Å²) < 4.78 is 0. The van der Waals surface area contributed by atoms with Crippen LogP contribution in [-0.4, -0.2) is 40.6 Å². The Labute approximate surface area is 96.5 Å². The van der Waals surface area contributed by atoms with E-state index < -0.39 is 0 Å². The summed E-state index contributed by atoms with van der Waals surface area (Å²) in [5.74, 6) is 0.127. The van der Waals surface area contributed by atoms with E-state index in [9.17, 15) is 4.79 Å². The Morgan fingerprint density at radius 1 is 1.50 bits per heavy atom. The molecule has 0 radical (unpaired) electrons. The quantitative estimate of drug-likeness (QED) is 0.291. The first-order valence-electron chi connectivity index (χ1n) is 5.33. The van der Waals surface area contributed by atoms with Gasteiger partial charge >= 0.3 is 6.03 Å². The van der Waals surface area contributed by atoms with Gasteiger partial charge in [0.05, 0.1) is 0 Å². The van der Waals surface area contributed by atoms with E-state index in [1.807, 2.05) is 27.7 Å². The van der Waals surface area contributed by atoms with Gasteiger partial charge in [-0.2, -0.15) is 0 Å². The Balaban J connectivity index is 4.23. The molecule has 0 saturated carbocycles. The van der Waals surface area contributed by atoms with Crippen LogP contribution in [0, 0.1) is 0 Å². The van der Waals surface area contributed by atoms with Crippen LogP contribution in [0.4, 0.5) is 4.79 Å². The predicted molar refractivity (Wildman–Crippen MR) is 63.6 cm³/mol. The molecule has 0 atom stereocenters. The van der Waals surface area contributed by atoms with Gasteiger partial charge in [-0.25, -0.2) is 4.79 Å². The molecule has 0 saturated heterocycles. The Morgan fingerprint density at radius 2 is 2.06 bits per heavy atom. The van der Waals surface area contributed by atoms with E-state index in [0.29, 0.717) is 19.5 Å². The second-order valence-corrected chi connectivity index (χ2v) is 4.60. The van der Waals surface area contributed by atoms with Crippen LogP contribution >= 0.6 is 0 Å². The summed E-state index contributed by atoms with van der Waals surface area (Å²) in [5.41, 5.74) is 5.08. The van der Waals surface area contributed by atoms with E-state index in [-0.39, 0.29) is 17.4 Å². The molecule has 6 heteroatoms. The second-order valence-electron chi connectivity index (χ2n) is 4.60. The molecule has 2 amide bonds. The molecule has 0 aromatic rings. The lowest BCUT2D eigenvalue weighted by Crippen LogP contribution is -2.49. The lowest BCUT2D eigenvalue weighted by atomic mass is 10.1. The molecule has 0 bridgehead atoms. The number of rotatable bonds is 4.